The molecule has 0 unspecified atom stereocenters. The van der Waals surface area contributed by atoms with Crippen LogP contribution in [0.5, 0.6) is 17.2 Å². The number of phenolic OH excluding ortho intramolecular Hbond substituents is 1. The SMILES string of the molecule is CN(Cc1ccc2ccccc2c1)Cc1cc2c(cc1O)OCO2. The number of rotatable bonds is 4. The Morgan fingerprint density at radius 1 is 0.917 bits per heavy atom. The number of phenols is 1. The molecular weight excluding hydrogens is 302 g/mol. The second-order valence-corrected chi connectivity index (χ2v) is 6.19. The van der Waals surface area contributed by atoms with Crippen molar-refractivity contribution in [3.63, 3.8) is 0 Å². The van der Waals surface area contributed by atoms with Crippen molar-refractivity contribution < 1.29 is 14.6 Å². The molecule has 4 rings (SSSR count). The van der Waals surface area contributed by atoms with Crippen molar-refractivity contribution in [3.8, 4) is 17.2 Å². The lowest BCUT2D eigenvalue weighted by atomic mass is 10.1. The van der Waals surface area contributed by atoms with Crippen LogP contribution in [0.2, 0.25) is 0 Å². The van der Waals surface area contributed by atoms with Crippen molar-refractivity contribution in [2.45, 2.75) is 13.1 Å². The average Bonchev–Trinajstić information content (AvgIpc) is 3.02. The Hall–Kier alpha value is -2.72. The number of hydrogen-bond acceptors (Lipinski definition) is 4. The molecule has 3 aromatic rings. The molecule has 0 radical (unpaired) electrons. The van der Waals surface area contributed by atoms with Crippen LogP contribution in [0.3, 0.4) is 0 Å². The molecule has 0 fully saturated rings. The third kappa shape index (κ3) is 2.88. The first kappa shape index (κ1) is 14.8. The Kier molecular flexibility index (Phi) is 3.75. The molecule has 4 nitrogen and oxygen atoms in total. The largest absolute Gasteiger partial charge is 0.507 e. The highest BCUT2D eigenvalue weighted by atomic mass is 16.7. The van der Waals surface area contributed by atoms with Crippen LogP contribution in [-0.2, 0) is 13.1 Å². The van der Waals surface area contributed by atoms with Crippen LogP contribution >= 0.6 is 0 Å². The van der Waals surface area contributed by atoms with Crippen LogP contribution in [0.1, 0.15) is 11.1 Å². The van der Waals surface area contributed by atoms with Crippen molar-refractivity contribution in [1.29, 1.82) is 0 Å². The molecule has 122 valence electrons. The number of ether oxygens (including phenoxy) is 2. The fourth-order valence-electron chi connectivity index (χ4n) is 3.10. The number of hydrogen-bond donors (Lipinski definition) is 1. The Morgan fingerprint density at radius 2 is 1.67 bits per heavy atom. The molecule has 1 heterocycles. The van der Waals surface area contributed by atoms with Crippen molar-refractivity contribution in [2.24, 2.45) is 0 Å². The van der Waals surface area contributed by atoms with E-state index in [1.165, 1.54) is 16.3 Å². The molecule has 1 aliphatic rings. The third-order valence-electron chi connectivity index (χ3n) is 4.28. The van der Waals surface area contributed by atoms with Gasteiger partial charge >= 0.3 is 0 Å². The molecule has 0 saturated carbocycles. The van der Waals surface area contributed by atoms with Crippen LogP contribution in [0, 0.1) is 0 Å². The molecule has 3 aromatic carbocycles. The summed E-state index contributed by atoms with van der Waals surface area (Å²) in [6.45, 7) is 1.65. The van der Waals surface area contributed by atoms with Crippen LogP contribution in [0.25, 0.3) is 10.8 Å². The number of nitrogens with zero attached hydrogens (tertiary/aromatic N) is 1. The van der Waals surface area contributed by atoms with E-state index in [4.69, 9.17) is 9.47 Å². The van der Waals surface area contributed by atoms with Crippen molar-refractivity contribution in [1.82, 2.24) is 4.90 Å². The molecule has 0 spiro atoms. The van der Waals surface area contributed by atoms with E-state index in [0.717, 1.165) is 12.1 Å². The van der Waals surface area contributed by atoms with Crippen LogP contribution < -0.4 is 9.47 Å². The summed E-state index contributed by atoms with van der Waals surface area (Å²) in [6, 6.07) is 18.4. The van der Waals surface area contributed by atoms with E-state index in [1.807, 2.05) is 13.1 Å². The Balaban J connectivity index is 1.50. The topological polar surface area (TPSA) is 41.9 Å². The summed E-state index contributed by atoms with van der Waals surface area (Å²) in [5, 5.41) is 12.7. The minimum absolute atomic E-state index is 0.213. The Bertz CT molecular complexity index is 891. The molecule has 0 amide bonds. The standard InChI is InChI=1S/C20H19NO3/c1-21(11-14-6-7-15-4-2-3-5-16(15)8-14)12-17-9-19-20(10-18(17)22)24-13-23-19/h2-10,22H,11-13H2,1H3. The predicted molar refractivity (Wildman–Crippen MR) is 93.3 cm³/mol. The molecule has 24 heavy (non-hydrogen) atoms. The average molecular weight is 321 g/mol. The molecule has 0 bridgehead atoms. The quantitative estimate of drug-likeness (QED) is 0.791. The van der Waals surface area contributed by atoms with Gasteiger partial charge < -0.3 is 14.6 Å². The second-order valence-electron chi connectivity index (χ2n) is 6.19. The Morgan fingerprint density at radius 3 is 2.50 bits per heavy atom. The molecule has 0 aliphatic carbocycles. The van der Waals surface area contributed by atoms with Crippen molar-refractivity contribution in [3.05, 3.63) is 65.7 Å². The maximum absolute atomic E-state index is 10.2. The zero-order valence-corrected chi connectivity index (χ0v) is 13.5. The van der Waals surface area contributed by atoms with Gasteiger partial charge in [0.2, 0.25) is 6.79 Å². The molecule has 1 N–H and O–H groups in total. The first-order valence-electron chi connectivity index (χ1n) is 7.97. The maximum atomic E-state index is 10.2. The van der Waals surface area contributed by atoms with Gasteiger partial charge in [-0.05, 0) is 35.5 Å². The van der Waals surface area contributed by atoms with Gasteiger partial charge in [0.25, 0.3) is 0 Å². The molecule has 0 atom stereocenters. The monoisotopic (exact) mass is 321 g/mol. The van der Waals surface area contributed by atoms with Gasteiger partial charge in [0.15, 0.2) is 11.5 Å². The van der Waals surface area contributed by atoms with Gasteiger partial charge in [0, 0.05) is 24.7 Å². The van der Waals surface area contributed by atoms with Gasteiger partial charge in [-0.3, -0.25) is 4.90 Å². The highest BCUT2D eigenvalue weighted by Gasteiger charge is 2.17. The van der Waals surface area contributed by atoms with E-state index in [0.29, 0.717) is 18.0 Å². The minimum atomic E-state index is 0.213. The third-order valence-corrected chi connectivity index (χ3v) is 4.28. The summed E-state index contributed by atoms with van der Waals surface area (Å²) in [5.41, 5.74) is 2.08. The van der Waals surface area contributed by atoms with E-state index in [9.17, 15) is 5.11 Å². The number of fused-ring (bicyclic) bond motifs is 2. The van der Waals surface area contributed by atoms with E-state index >= 15 is 0 Å². The van der Waals surface area contributed by atoms with E-state index in [2.05, 4.69) is 47.4 Å². The summed E-state index contributed by atoms with van der Waals surface area (Å²) >= 11 is 0. The van der Waals surface area contributed by atoms with E-state index in [-0.39, 0.29) is 12.5 Å². The second kappa shape index (κ2) is 6.06. The zero-order chi connectivity index (χ0) is 16.5. The minimum Gasteiger partial charge on any atom is -0.507 e. The normalized spacial score (nSPS) is 12.9. The molecule has 1 aliphatic heterocycles. The lowest BCUT2D eigenvalue weighted by Gasteiger charge is -2.18. The molecule has 4 heteroatoms. The van der Waals surface area contributed by atoms with E-state index < -0.39 is 0 Å². The van der Waals surface area contributed by atoms with Crippen molar-refractivity contribution >= 4 is 10.8 Å². The summed E-state index contributed by atoms with van der Waals surface area (Å²) in [5.74, 6) is 1.54. The van der Waals surface area contributed by atoms with E-state index in [1.54, 1.807) is 6.07 Å². The molecular formula is C20H19NO3. The predicted octanol–water partition coefficient (Wildman–Crippen LogP) is 3.91. The molecule has 0 aromatic heterocycles. The number of benzene rings is 3. The van der Waals surface area contributed by atoms with Gasteiger partial charge in [0.1, 0.15) is 5.75 Å². The summed E-state index contributed by atoms with van der Waals surface area (Å²) < 4.78 is 10.7. The highest BCUT2D eigenvalue weighted by molar-refractivity contribution is 5.82. The Labute approximate surface area is 140 Å². The van der Waals surface area contributed by atoms with Crippen molar-refractivity contribution in [2.75, 3.05) is 13.8 Å². The highest BCUT2D eigenvalue weighted by Crippen LogP contribution is 2.38. The number of aromatic hydroxyl groups is 1. The lowest BCUT2D eigenvalue weighted by Crippen LogP contribution is -2.17. The summed E-state index contributed by atoms with van der Waals surface area (Å²) in [4.78, 5) is 2.17. The van der Waals surface area contributed by atoms with Gasteiger partial charge in [-0.15, -0.1) is 0 Å². The smallest absolute Gasteiger partial charge is 0.231 e. The van der Waals surface area contributed by atoms with Crippen LogP contribution in [0.4, 0.5) is 0 Å². The summed E-state index contributed by atoms with van der Waals surface area (Å²) in [7, 11) is 2.04. The maximum Gasteiger partial charge on any atom is 0.231 e. The van der Waals surface area contributed by atoms with Gasteiger partial charge in [-0.2, -0.15) is 0 Å². The summed E-state index contributed by atoms with van der Waals surface area (Å²) in [6.07, 6.45) is 0. The van der Waals surface area contributed by atoms with Crippen LogP contribution in [0.15, 0.2) is 54.6 Å². The zero-order valence-electron chi connectivity index (χ0n) is 13.5. The first-order chi connectivity index (χ1) is 11.7. The van der Waals surface area contributed by atoms with Gasteiger partial charge in [0.05, 0.1) is 0 Å². The molecule has 0 saturated heterocycles. The fourth-order valence-corrected chi connectivity index (χ4v) is 3.10. The van der Waals surface area contributed by atoms with Gasteiger partial charge in [-0.1, -0.05) is 36.4 Å². The van der Waals surface area contributed by atoms with Crippen LogP contribution in [-0.4, -0.2) is 23.8 Å². The first-order valence-corrected chi connectivity index (χ1v) is 7.97. The lowest BCUT2D eigenvalue weighted by molar-refractivity contribution is 0.174. The fraction of sp³-hybridized carbons (Fsp3) is 0.200. The van der Waals surface area contributed by atoms with Gasteiger partial charge in [-0.25, -0.2) is 0 Å².